The minimum absolute atomic E-state index is 0.890. The van der Waals surface area contributed by atoms with Crippen LogP contribution >= 0.6 is 11.3 Å². The van der Waals surface area contributed by atoms with E-state index in [0.29, 0.717) is 0 Å². The number of rotatable bonds is 2. The zero-order chi connectivity index (χ0) is 16.8. The Balaban J connectivity index is 1.85. The molecular weight excluding hydrogens is 330 g/mol. The average molecular weight is 349 g/mol. The summed E-state index contributed by atoms with van der Waals surface area (Å²) in [6.07, 6.45) is 3.73. The highest BCUT2D eigenvalue weighted by Gasteiger charge is 2.22. The standard InChI is InChI=1S/C19H19N5S/c1-13-7-8-15-14(12-13)17-21-22-18(16-6-5-11-25-16)24(17)19(20-15)23-9-3-2-4-10-23/h5-8,11-12H,2-4,9-10H2,1H3. The van der Waals surface area contributed by atoms with Gasteiger partial charge in [0.1, 0.15) is 0 Å². The molecule has 5 nitrogen and oxygen atoms in total. The second-order valence-corrected chi connectivity index (χ2v) is 7.59. The molecule has 6 heteroatoms. The van der Waals surface area contributed by atoms with Gasteiger partial charge >= 0.3 is 0 Å². The van der Waals surface area contributed by atoms with Gasteiger partial charge in [0.15, 0.2) is 11.5 Å². The molecule has 5 rings (SSSR count). The van der Waals surface area contributed by atoms with Gasteiger partial charge in [0.05, 0.1) is 10.4 Å². The van der Waals surface area contributed by atoms with Gasteiger partial charge in [-0.15, -0.1) is 21.5 Å². The summed E-state index contributed by atoms with van der Waals surface area (Å²) >= 11 is 1.69. The lowest BCUT2D eigenvalue weighted by Crippen LogP contribution is -2.32. The van der Waals surface area contributed by atoms with Crippen LogP contribution < -0.4 is 4.90 Å². The molecule has 0 bridgehead atoms. The third-order valence-electron chi connectivity index (χ3n) is 4.86. The summed E-state index contributed by atoms with van der Waals surface area (Å²) in [7, 11) is 0. The number of anilines is 1. The number of nitrogens with zero attached hydrogens (tertiary/aromatic N) is 5. The molecule has 1 aliphatic rings. The molecule has 3 aromatic heterocycles. The van der Waals surface area contributed by atoms with Crippen molar-refractivity contribution in [2.45, 2.75) is 26.2 Å². The molecule has 0 unspecified atom stereocenters. The van der Waals surface area contributed by atoms with Crippen molar-refractivity contribution in [2.24, 2.45) is 0 Å². The van der Waals surface area contributed by atoms with Gasteiger partial charge in [-0.05, 0) is 49.8 Å². The van der Waals surface area contributed by atoms with E-state index in [-0.39, 0.29) is 0 Å². The van der Waals surface area contributed by atoms with Crippen molar-refractivity contribution in [3.05, 3.63) is 41.3 Å². The molecule has 0 amide bonds. The molecule has 0 radical (unpaired) electrons. The van der Waals surface area contributed by atoms with Crippen LogP contribution in [0.2, 0.25) is 0 Å². The molecule has 1 aromatic carbocycles. The minimum Gasteiger partial charge on any atom is -0.342 e. The van der Waals surface area contributed by atoms with E-state index in [1.54, 1.807) is 11.3 Å². The number of hydrogen-bond donors (Lipinski definition) is 0. The van der Waals surface area contributed by atoms with Crippen LogP contribution in [0.1, 0.15) is 24.8 Å². The van der Waals surface area contributed by atoms with Gasteiger partial charge in [0.2, 0.25) is 5.95 Å². The van der Waals surface area contributed by atoms with Crippen LogP contribution in [-0.2, 0) is 0 Å². The van der Waals surface area contributed by atoms with E-state index < -0.39 is 0 Å². The third kappa shape index (κ3) is 2.40. The Morgan fingerprint density at radius 1 is 1.04 bits per heavy atom. The molecular formula is C19H19N5S. The fraction of sp³-hybridized carbons (Fsp3) is 0.316. The minimum atomic E-state index is 0.890. The highest BCUT2D eigenvalue weighted by Crippen LogP contribution is 2.31. The summed E-state index contributed by atoms with van der Waals surface area (Å²) in [5, 5.41) is 12.2. The summed E-state index contributed by atoms with van der Waals surface area (Å²) in [5.41, 5.74) is 3.10. The molecule has 4 aromatic rings. The first-order valence-corrected chi connectivity index (χ1v) is 9.63. The second-order valence-electron chi connectivity index (χ2n) is 6.64. The van der Waals surface area contributed by atoms with Crippen molar-refractivity contribution in [3.63, 3.8) is 0 Å². The Labute approximate surface area is 149 Å². The van der Waals surface area contributed by atoms with Crippen LogP contribution in [-0.4, -0.2) is 32.7 Å². The van der Waals surface area contributed by atoms with Crippen LogP contribution in [0.3, 0.4) is 0 Å². The number of thiophene rings is 1. The number of piperidine rings is 1. The van der Waals surface area contributed by atoms with Gasteiger partial charge in [-0.25, -0.2) is 9.38 Å². The third-order valence-corrected chi connectivity index (χ3v) is 5.72. The molecule has 1 fully saturated rings. The van der Waals surface area contributed by atoms with E-state index in [1.165, 1.54) is 24.8 Å². The zero-order valence-electron chi connectivity index (χ0n) is 14.1. The van der Waals surface area contributed by atoms with E-state index in [0.717, 1.165) is 46.3 Å². The SMILES string of the molecule is Cc1ccc2nc(N3CCCCC3)n3c(-c4cccs4)nnc3c2c1. The summed E-state index contributed by atoms with van der Waals surface area (Å²) in [4.78, 5) is 8.53. The van der Waals surface area contributed by atoms with Crippen LogP contribution in [0.4, 0.5) is 5.95 Å². The molecule has 4 heterocycles. The lowest BCUT2D eigenvalue weighted by atomic mass is 10.1. The van der Waals surface area contributed by atoms with Gasteiger partial charge < -0.3 is 4.90 Å². The molecule has 1 aliphatic heterocycles. The lowest BCUT2D eigenvalue weighted by molar-refractivity contribution is 0.567. The number of hydrogen-bond acceptors (Lipinski definition) is 5. The topological polar surface area (TPSA) is 46.3 Å². The van der Waals surface area contributed by atoms with Gasteiger partial charge in [-0.3, -0.25) is 0 Å². The molecule has 0 spiro atoms. The Morgan fingerprint density at radius 2 is 1.92 bits per heavy atom. The van der Waals surface area contributed by atoms with Crippen LogP contribution in [0, 0.1) is 6.92 Å². The average Bonchev–Trinajstić information content (AvgIpc) is 3.31. The van der Waals surface area contributed by atoms with Crippen molar-refractivity contribution in [1.29, 1.82) is 0 Å². The maximum Gasteiger partial charge on any atom is 0.213 e. The molecule has 0 atom stereocenters. The second kappa shape index (κ2) is 5.81. The maximum atomic E-state index is 5.02. The van der Waals surface area contributed by atoms with Crippen molar-refractivity contribution in [1.82, 2.24) is 19.6 Å². The first-order chi connectivity index (χ1) is 12.3. The fourth-order valence-electron chi connectivity index (χ4n) is 3.60. The van der Waals surface area contributed by atoms with Crippen molar-refractivity contribution >= 4 is 33.8 Å². The number of aryl methyl sites for hydroxylation is 1. The lowest BCUT2D eigenvalue weighted by Gasteiger charge is -2.28. The highest BCUT2D eigenvalue weighted by molar-refractivity contribution is 7.13. The Kier molecular flexibility index (Phi) is 3.45. The van der Waals surface area contributed by atoms with E-state index >= 15 is 0 Å². The van der Waals surface area contributed by atoms with Crippen LogP contribution in [0.15, 0.2) is 35.7 Å². The van der Waals surface area contributed by atoms with E-state index in [4.69, 9.17) is 4.98 Å². The van der Waals surface area contributed by atoms with Gasteiger partial charge in [-0.1, -0.05) is 17.7 Å². The number of aromatic nitrogens is 4. The largest absolute Gasteiger partial charge is 0.342 e. The van der Waals surface area contributed by atoms with Crippen LogP contribution in [0.5, 0.6) is 0 Å². The van der Waals surface area contributed by atoms with Crippen molar-refractivity contribution in [3.8, 4) is 10.7 Å². The summed E-state index contributed by atoms with van der Waals surface area (Å²) in [6, 6.07) is 10.5. The van der Waals surface area contributed by atoms with Gasteiger partial charge in [0, 0.05) is 18.5 Å². The summed E-state index contributed by atoms with van der Waals surface area (Å²) in [6.45, 7) is 4.19. The monoisotopic (exact) mass is 349 g/mol. The predicted octanol–water partition coefficient (Wildman–Crippen LogP) is 4.30. The first kappa shape index (κ1) is 14.8. The molecule has 1 saturated heterocycles. The van der Waals surface area contributed by atoms with E-state index in [2.05, 4.69) is 62.1 Å². The van der Waals surface area contributed by atoms with E-state index in [1.807, 2.05) is 0 Å². The normalized spacial score (nSPS) is 15.3. The summed E-state index contributed by atoms with van der Waals surface area (Å²) < 4.78 is 2.15. The molecule has 126 valence electrons. The predicted molar refractivity (Wildman–Crippen MR) is 102 cm³/mol. The van der Waals surface area contributed by atoms with Gasteiger partial charge in [-0.2, -0.15) is 0 Å². The first-order valence-electron chi connectivity index (χ1n) is 8.75. The Morgan fingerprint density at radius 3 is 2.72 bits per heavy atom. The summed E-state index contributed by atoms with van der Waals surface area (Å²) in [5.74, 6) is 1.86. The Hall–Kier alpha value is -2.47. The quantitative estimate of drug-likeness (QED) is 0.541. The number of benzene rings is 1. The molecule has 0 saturated carbocycles. The zero-order valence-corrected chi connectivity index (χ0v) is 15.0. The van der Waals surface area contributed by atoms with E-state index in [9.17, 15) is 0 Å². The molecule has 0 aliphatic carbocycles. The molecule has 0 N–H and O–H groups in total. The maximum absolute atomic E-state index is 5.02. The van der Waals surface area contributed by atoms with Crippen molar-refractivity contribution < 1.29 is 0 Å². The number of fused-ring (bicyclic) bond motifs is 3. The molecule has 25 heavy (non-hydrogen) atoms. The van der Waals surface area contributed by atoms with Crippen molar-refractivity contribution in [2.75, 3.05) is 18.0 Å². The highest BCUT2D eigenvalue weighted by atomic mass is 32.1. The van der Waals surface area contributed by atoms with Gasteiger partial charge in [0.25, 0.3) is 0 Å². The Bertz CT molecular complexity index is 1040. The fourth-order valence-corrected chi connectivity index (χ4v) is 4.30. The van der Waals surface area contributed by atoms with Crippen LogP contribution in [0.25, 0.3) is 27.3 Å². The smallest absolute Gasteiger partial charge is 0.213 e.